The van der Waals surface area contributed by atoms with Gasteiger partial charge in [0, 0.05) is 17.3 Å². The van der Waals surface area contributed by atoms with E-state index in [1.807, 2.05) is 16.7 Å². The third kappa shape index (κ3) is 2.85. The molecule has 0 bridgehead atoms. The highest BCUT2D eigenvalue weighted by molar-refractivity contribution is 6.30. The molecular weight excluding hydrogens is 337 g/mol. The number of hydrogen-bond donors (Lipinski definition) is 1. The smallest absolute Gasteiger partial charge is 0.226 e. The van der Waals surface area contributed by atoms with Crippen LogP contribution in [0.2, 0.25) is 10.3 Å². The second-order valence-electron chi connectivity index (χ2n) is 5.27. The minimum atomic E-state index is -0.0509. The normalized spacial score (nSPS) is 17.7. The molecule has 1 unspecified atom stereocenters. The molecule has 1 N–H and O–H groups in total. The molecule has 3 aromatic rings. The van der Waals surface area contributed by atoms with Crippen molar-refractivity contribution in [1.29, 1.82) is 0 Å². The van der Waals surface area contributed by atoms with Gasteiger partial charge in [-0.3, -0.25) is 4.57 Å². The predicted molar refractivity (Wildman–Crippen MR) is 89.3 cm³/mol. The van der Waals surface area contributed by atoms with E-state index in [9.17, 15) is 0 Å². The fourth-order valence-electron chi connectivity index (χ4n) is 2.67. The molecule has 0 saturated carbocycles. The Bertz CT molecular complexity index is 860. The van der Waals surface area contributed by atoms with Gasteiger partial charge in [0.25, 0.3) is 0 Å². The van der Waals surface area contributed by atoms with Crippen molar-refractivity contribution in [2.45, 2.75) is 19.1 Å². The fourth-order valence-corrected chi connectivity index (χ4v) is 3.03. The maximum atomic E-state index is 6.09. The van der Waals surface area contributed by atoms with Crippen molar-refractivity contribution in [2.75, 3.05) is 11.9 Å². The molecule has 4 rings (SSSR count). The van der Waals surface area contributed by atoms with Crippen LogP contribution >= 0.6 is 23.2 Å². The molecule has 118 valence electrons. The highest BCUT2D eigenvalue weighted by Gasteiger charge is 2.22. The van der Waals surface area contributed by atoms with E-state index in [0.29, 0.717) is 22.0 Å². The summed E-state index contributed by atoms with van der Waals surface area (Å²) in [5.41, 5.74) is 2.10. The summed E-state index contributed by atoms with van der Waals surface area (Å²) in [4.78, 5) is 13.0. The van der Waals surface area contributed by atoms with Gasteiger partial charge in [-0.05, 0) is 42.6 Å². The molecular formula is C15H13Cl2N5O. The van der Waals surface area contributed by atoms with E-state index in [1.54, 1.807) is 18.5 Å². The van der Waals surface area contributed by atoms with Crippen LogP contribution in [0, 0.1) is 0 Å². The first-order valence-corrected chi connectivity index (χ1v) is 8.00. The topological polar surface area (TPSA) is 64.9 Å². The van der Waals surface area contributed by atoms with Gasteiger partial charge in [0.05, 0.1) is 6.33 Å². The molecule has 1 fully saturated rings. The van der Waals surface area contributed by atoms with Crippen LogP contribution in [-0.4, -0.2) is 26.1 Å². The average Bonchev–Trinajstić information content (AvgIpc) is 3.15. The number of halogens is 2. The summed E-state index contributed by atoms with van der Waals surface area (Å²) in [5.74, 6) is 0.541. The standard InChI is InChI=1S/C15H13Cl2N5O/c16-9-3-1-4-10(7-9)19-13-12-14(21-15(17)20-13)22(8-18-12)11-5-2-6-23-11/h1,3-4,7-8,11H,2,5-6H2,(H,19,20,21). The number of ether oxygens (including phenoxy) is 1. The molecule has 3 heterocycles. The van der Waals surface area contributed by atoms with Crippen LogP contribution in [0.1, 0.15) is 19.1 Å². The Kier molecular flexibility index (Phi) is 3.80. The fraction of sp³-hybridized carbons (Fsp3) is 0.267. The van der Waals surface area contributed by atoms with E-state index in [2.05, 4.69) is 20.3 Å². The summed E-state index contributed by atoms with van der Waals surface area (Å²) in [5, 5.41) is 3.99. The van der Waals surface area contributed by atoms with Crippen LogP contribution in [0.15, 0.2) is 30.6 Å². The summed E-state index contributed by atoms with van der Waals surface area (Å²) >= 11 is 12.1. The molecule has 1 aliphatic rings. The summed E-state index contributed by atoms with van der Waals surface area (Å²) in [6.45, 7) is 0.747. The van der Waals surface area contributed by atoms with Crippen molar-refractivity contribution in [3.63, 3.8) is 0 Å². The van der Waals surface area contributed by atoms with Gasteiger partial charge in [0.1, 0.15) is 6.23 Å². The molecule has 6 nitrogen and oxygen atoms in total. The first-order chi connectivity index (χ1) is 11.2. The first kappa shape index (κ1) is 14.7. The summed E-state index contributed by atoms with van der Waals surface area (Å²) in [6, 6.07) is 7.36. The average molecular weight is 350 g/mol. The van der Waals surface area contributed by atoms with E-state index in [-0.39, 0.29) is 11.5 Å². The lowest BCUT2D eigenvalue weighted by Crippen LogP contribution is -2.07. The van der Waals surface area contributed by atoms with E-state index >= 15 is 0 Å². The maximum absolute atomic E-state index is 6.09. The van der Waals surface area contributed by atoms with Crippen molar-refractivity contribution >= 4 is 45.9 Å². The Morgan fingerprint density at radius 3 is 2.96 bits per heavy atom. The van der Waals surface area contributed by atoms with Crippen LogP contribution in [-0.2, 0) is 4.74 Å². The minimum Gasteiger partial charge on any atom is -0.358 e. The van der Waals surface area contributed by atoms with Gasteiger partial charge in [0.2, 0.25) is 5.28 Å². The molecule has 0 spiro atoms. The van der Waals surface area contributed by atoms with Gasteiger partial charge in [-0.25, -0.2) is 4.98 Å². The molecule has 8 heteroatoms. The van der Waals surface area contributed by atoms with Crippen LogP contribution in [0.5, 0.6) is 0 Å². The molecule has 2 aromatic heterocycles. The largest absolute Gasteiger partial charge is 0.358 e. The van der Waals surface area contributed by atoms with Crippen molar-refractivity contribution in [3.8, 4) is 0 Å². The lowest BCUT2D eigenvalue weighted by atomic mass is 10.3. The number of aromatic nitrogens is 4. The zero-order chi connectivity index (χ0) is 15.8. The van der Waals surface area contributed by atoms with Crippen LogP contribution < -0.4 is 5.32 Å². The zero-order valence-corrected chi connectivity index (χ0v) is 13.6. The second kappa shape index (κ2) is 5.96. The number of fused-ring (bicyclic) bond motifs is 1. The first-order valence-electron chi connectivity index (χ1n) is 7.25. The molecule has 0 amide bonds. The maximum Gasteiger partial charge on any atom is 0.226 e. The molecule has 0 radical (unpaired) electrons. The number of nitrogens with zero attached hydrogens (tertiary/aromatic N) is 4. The van der Waals surface area contributed by atoms with E-state index in [1.165, 1.54) is 0 Å². The van der Waals surface area contributed by atoms with Crippen molar-refractivity contribution in [2.24, 2.45) is 0 Å². The van der Waals surface area contributed by atoms with Gasteiger partial charge in [-0.2, -0.15) is 9.97 Å². The van der Waals surface area contributed by atoms with Crippen LogP contribution in [0.4, 0.5) is 11.5 Å². The Morgan fingerprint density at radius 1 is 1.26 bits per heavy atom. The van der Waals surface area contributed by atoms with Crippen molar-refractivity contribution < 1.29 is 4.74 Å². The van der Waals surface area contributed by atoms with Crippen molar-refractivity contribution in [1.82, 2.24) is 19.5 Å². The molecule has 1 aliphatic heterocycles. The summed E-state index contributed by atoms with van der Waals surface area (Å²) < 4.78 is 7.60. The Balaban J connectivity index is 1.77. The van der Waals surface area contributed by atoms with E-state index in [4.69, 9.17) is 27.9 Å². The van der Waals surface area contributed by atoms with Gasteiger partial charge in [-0.1, -0.05) is 17.7 Å². The number of benzene rings is 1. The Hall–Kier alpha value is -1.89. The summed E-state index contributed by atoms with van der Waals surface area (Å²) in [7, 11) is 0. The second-order valence-corrected chi connectivity index (χ2v) is 6.04. The van der Waals surface area contributed by atoms with Gasteiger partial charge < -0.3 is 10.1 Å². The van der Waals surface area contributed by atoms with Crippen LogP contribution in [0.25, 0.3) is 11.2 Å². The van der Waals surface area contributed by atoms with Gasteiger partial charge >= 0.3 is 0 Å². The minimum absolute atomic E-state index is 0.0509. The Labute approximate surface area is 142 Å². The highest BCUT2D eigenvalue weighted by atomic mass is 35.5. The molecule has 0 aliphatic carbocycles. The SMILES string of the molecule is Clc1cccc(Nc2nc(Cl)nc3c2ncn3C2CCCO2)c1. The molecule has 23 heavy (non-hydrogen) atoms. The third-order valence-corrected chi connectivity index (χ3v) is 4.10. The third-order valence-electron chi connectivity index (χ3n) is 3.70. The van der Waals surface area contributed by atoms with Crippen molar-refractivity contribution in [3.05, 3.63) is 40.9 Å². The quantitative estimate of drug-likeness (QED) is 0.718. The number of nitrogens with one attached hydrogen (secondary N) is 1. The lowest BCUT2D eigenvalue weighted by Gasteiger charge is -2.12. The van der Waals surface area contributed by atoms with Gasteiger partial charge in [0.15, 0.2) is 17.0 Å². The highest BCUT2D eigenvalue weighted by Crippen LogP contribution is 2.30. The molecule has 1 aromatic carbocycles. The molecule has 1 atom stereocenters. The molecule has 1 saturated heterocycles. The zero-order valence-electron chi connectivity index (χ0n) is 12.0. The van der Waals surface area contributed by atoms with E-state index in [0.717, 1.165) is 25.1 Å². The monoisotopic (exact) mass is 349 g/mol. The van der Waals surface area contributed by atoms with E-state index < -0.39 is 0 Å². The number of anilines is 2. The number of hydrogen-bond acceptors (Lipinski definition) is 5. The predicted octanol–water partition coefficient (Wildman–Crippen LogP) is 4.19. The number of imidazole rings is 1. The number of rotatable bonds is 3. The Morgan fingerprint density at radius 2 is 2.17 bits per heavy atom. The lowest BCUT2D eigenvalue weighted by molar-refractivity contribution is 0.0593. The van der Waals surface area contributed by atoms with Gasteiger partial charge in [-0.15, -0.1) is 0 Å². The van der Waals surface area contributed by atoms with Crippen LogP contribution in [0.3, 0.4) is 0 Å². The summed E-state index contributed by atoms with van der Waals surface area (Å²) in [6.07, 6.45) is 3.63.